The Kier molecular flexibility index (Phi) is 3.42. The fraction of sp³-hybridized carbons (Fsp3) is 0.538. The maximum absolute atomic E-state index is 12.5. The Morgan fingerprint density at radius 3 is 2.83 bits per heavy atom. The number of rotatable bonds is 2. The van der Waals surface area contributed by atoms with Crippen molar-refractivity contribution in [1.29, 1.82) is 0 Å². The second kappa shape index (κ2) is 5.04. The zero-order valence-electron chi connectivity index (χ0n) is 10.2. The van der Waals surface area contributed by atoms with Crippen molar-refractivity contribution < 1.29 is 13.6 Å². The highest BCUT2D eigenvalue weighted by molar-refractivity contribution is 7.52. The summed E-state index contributed by atoms with van der Waals surface area (Å²) in [5.74, 6) is 1.07. The van der Waals surface area contributed by atoms with E-state index in [9.17, 15) is 4.57 Å². The van der Waals surface area contributed by atoms with E-state index in [1.807, 2.05) is 18.2 Å². The Morgan fingerprint density at radius 2 is 2.00 bits per heavy atom. The average Bonchev–Trinajstić information content (AvgIpc) is 2.39. The van der Waals surface area contributed by atoms with Gasteiger partial charge in [-0.1, -0.05) is 31.0 Å². The Morgan fingerprint density at radius 1 is 1.22 bits per heavy atom. The molecule has 0 radical (unpaired) electrons. The van der Waals surface area contributed by atoms with Gasteiger partial charge in [0.2, 0.25) is 0 Å². The van der Waals surface area contributed by atoms with Crippen molar-refractivity contribution in [3.63, 3.8) is 0 Å². The topological polar surface area (TPSA) is 47.6 Å². The summed E-state index contributed by atoms with van der Waals surface area (Å²) in [6.07, 6.45) is 4.66. The number of benzene rings is 1. The zero-order chi connectivity index (χ0) is 12.4. The third kappa shape index (κ3) is 2.61. The molecular formula is C13H18NO3P. The molecule has 1 aliphatic heterocycles. The van der Waals surface area contributed by atoms with E-state index in [2.05, 4.69) is 5.09 Å². The quantitative estimate of drug-likeness (QED) is 0.835. The van der Waals surface area contributed by atoms with E-state index >= 15 is 0 Å². The molecule has 1 heterocycles. The molecule has 0 amide bonds. The van der Waals surface area contributed by atoms with Crippen LogP contribution in [0.3, 0.4) is 0 Å². The monoisotopic (exact) mass is 267 g/mol. The Balaban J connectivity index is 1.70. The molecule has 0 bridgehead atoms. The number of para-hydroxylation sites is 1. The van der Waals surface area contributed by atoms with Crippen LogP contribution in [0, 0.1) is 5.92 Å². The van der Waals surface area contributed by atoms with Crippen LogP contribution in [-0.2, 0) is 9.09 Å². The third-order valence-corrected chi connectivity index (χ3v) is 5.25. The fourth-order valence-electron chi connectivity index (χ4n) is 2.68. The van der Waals surface area contributed by atoms with Crippen molar-refractivity contribution in [1.82, 2.24) is 5.09 Å². The molecule has 4 nitrogen and oxygen atoms in total. The molecule has 98 valence electrons. The third-order valence-electron chi connectivity index (χ3n) is 3.66. The van der Waals surface area contributed by atoms with Crippen LogP contribution in [0.1, 0.15) is 25.7 Å². The van der Waals surface area contributed by atoms with Gasteiger partial charge in [-0.2, -0.15) is 0 Å². The summed E-state index contributed by atoms with van der Waals surface area (Å²) >= 11 is 0. The lowest BCUT2D eigenvalue weighted by Crippen LogP contribution is -2.44. The van der Waals surface area contributed by atoms with E-state index in [1.54, 1.807) is 12.1 Å². The predicted molar refractivity (Wildman–Crippen MR) is 69.5 cm³/mol. The fourth-order valence-corrected chi connectivity index (χ4v) is 4.40. The van der Waals surface area contributed by atoms with Crippen LogP contribution >= 0.6 is 7.75 Å². The molecule has 1 aliphatic carbocycles. The Labute approximate surface area is 107 Å². The highest BCUT2D eigenvalue weighted by Crippen LogP contribution is 2.50. The minimum Gasteiger partial charge on any atom is -0.413 e. The van der Waals surface area contributed by atoms with Gasteiger partial charge in [0, 0.05) is 6.04 Å². The second-order valence-corrected chi connectivity index (χ2v) is 6.67. The van der Waals surface area contributed by atoms with Crippen LogP contribution in [-0.4, -0.2) is 12.6 Å². The van der Waals surface area contributed by atoms with Crippen molar-refractivity contribution >= 4 is 7.75 Å². The maximum atomic E-state index is 12.5. The van der Waals surface area contributed by atoms with Crippen molar-refractivity contribution in [2.45, 2.75) is 31.7 Å². The summed E-state index contributed by atoms with van der Waals surface area (Å²) in [5.41, 5.74) is 0. The van der Waals surface area contributed by atoms with Gasteiger partial charge in [0.05, 0.1) is 6.61 Å². The van der Waals surface area contributed by atoms with E-state index < -0.39 is 7.75 Å². The minimum atomic E-state index is -3.17. The SMILES string of the molecule is O=P1(Oc2ccccc2)N[C@@H]2CCCC[C@H]2CO1. The molecule has 1 saturated carbocycles. The summed E-state index contributed by atoms with van der Waals surface area (Å²) < 4.78 is 23.5. The zero-order valence-corrected chi connectivity index (χ0v) is 11.1. The largest absolute Gasteiger partial charge is 0.458 e. The molecule has 2 fully saturated rings. The van der Waals surface area contributed by atoms with Gasteiger partial charge in [0.15, 0.2) is 0 Å². The number of hydrogen-bond acceptors (Lipinski definition) is 3. The van der Waals surface area contributed by atoms with Gasteiger partial charge in [-0.25, -0.2) is 9.65 Å². The summed E-state index contributed by atoms with van der Waals surface area (Å²) in [7, 11) is -3.17. The predicted octanol–water partition coefficient (Wildman–Crippen LogP) is 3.35. The van der Waals surface area contributed by atoms with Gasteiger partial charge in [0.1, 0.15) is 5.75 Å². The molecule has 5 heteroatoms. The lowest BCUT2D eigenvalue weighted by Gasteiger charge is -2.38. The summed E-state index contributed by atoms with van der Waals surface area (Å²) in [6.45, 7) is 0.543. The van der Waals surface area contributed by atoms with E-state index in [4.69, 9.17) is 9.05 Å². The summed E-state index contributed by atoms with van der Waals surface area (Å²) in [4.78, 5) is 0. The molecule has 0 spiro atoms. The van der Waals surface area contributed by atoms with Gasteiger partial charge < -0.3 is 4.52 Å². The molecular weight excluding hydrogens is 249 g/mol. The molecule has 1 N–H and O–H groups in total. The van der Waals surface area contributed by atoms with Gasteiger partial charge in [-0.15, -0.1) is 0 Å². The smallest absolute Gasteiger partial charge is 0.413 e. The summed E-state index contributed by atoms with van der Waals surface area (Å²) in [5, 5.41) is 3.09. The molecule has 0 aromatic heterocycles. The summed E-state index contributed by atoms with van der Waals surface area (Å²) in [6, 6.07) is 9.47. The van der Waals surface area contributed by atoms with Crippen molar-refractivity contribution in [3.8, 4) is 5.75 Å². The lowest BCUT2D eigenvalue weighted by atomic mass is 9.86. The van der Waals surface area contributed by atoms with Crippen LogP contribution in [0.15, 0.2) is 30.3 Å². The molecule has 1 saturated heterocycles. The van der Waals surface area contributed by atoms with E-state index in [0.29, 0.717) is 18.3 Å². The standard InChI is InChI=1S/C13H18NO3P/c15-18(17-12-7-2-1-3-8-12)14-13-9-5-4-6-11(13)10-16-18/h1-3,7-8,11,13H,4-6,9-10H2,(H,14,15)/t11-,13+,18?/m0/s1. The second-order valence-electron chi connectivity index (χ2n) is 4.98. The van der Waals surface area contributed by atoms with E-state index in [0.717, 1.165) is 12.8 Å². The van der Waals surface area contributed by atoms with Crippen molar-refractivity contribution in [3.05, 3.63) is 30.3 Å². The van der Waals surface area contributed by atoms with Gasteiger partial charge in [-0.3, -0.25) is 4.52 Å². The van der Waals surface area contributed by atoms with E-state index in [-0.39, 0.29) is 6.04 Å². The normalized spacial score (nSPS) is 35.8. The molecule has 1 aromatic rings. The van der Waals surface area contributed by atoms with E-state index in [1.165, 1.54) is 12.8 Å². The highest BCUT2D eigenvalue weighted by atomic mass is 31.2. The van der Waals surface area contributed by atoms with Crippen LogP contribution in [0.5, 0.6) is 5.75 Å². The molecule has 3 rings (SSSR count). The molecule has 2 aliphatic rings. The molecule has 3 atom stereocenters. The lowest BCUT2D eigenvalue weighted by molar-refractivity contribution is 0.123. The first kappa shape index (κ1) is 12.2. The highest BCUT2D eigenvalue weighted by Gasteiger charge is 2.40. The van der Waals surface area contributed by atoms with Crippen molar-refractivity contribution in [2.24, 2.45) is 5.92 Å². The van der Waals surface area contributed by atoms with Crippen molar-refractivity contribution in [2.75, 3.05) is 6.61 Å². The van der Waals surface area contributed by atoms with Crippen LogP contribution in [0.2, 0.25) is 0 Å². The number of nitrogens with one attached hydrogen (secondary N) is 1. The maximum Gasteiger partial charge on any atom is 0.458 e. The minimum absolute atomic E-state index is 0.280. The number of fused-ring (bicyclic) bond motifs is 1. The van der Waals surface area contributed by atoms with Crippen LogP contribution < -0.4 is 9.61 Å². The Bertz CT molecular complexity index is 451. The first-order valence-corrected chi connectivity index (χ1v) is 8.06. The van der Waals surface area contributed by atoms with Gasteiger partial charge in [0.25, 0.3) is 0 Å². The molecule has 1 unspecified atom stereocenters. The first-order valence-electron chi connectivity index (χ1n) is 6.52. The van der Waals surface area contributed by atoms with Crippen LogP contribution in [0.4, 0.5) is 0 Å². The molecule has 18 heavy (non-hydrogen) atoms. The number of hydrogen-bond donors (Lipinski definition) is 1. The molecule has 1 aromatic carbocycles. The van der Waals surface area contributed by atoms with Gasteiger partial charge >= 0.3 is 7.75 Å². The average molecular weight is 267 g/mol. The van der Waals surface area contributed by atoms with Gasteiger partial charge in [-0.05, 0) is 30.9 Å². The first-order chi connectivity index (χ1) is 8.75. The van der Waals surface area contributed by atoms with Crippen LogP contribution in [0.25, 0.3) is 0 Å². The Hall–Kier alpha value is -0.830.